The molecule has 6 nitrogen and oxygen atoms in total. The SMILES string of the molecule is CC1CCN(C(=O)c2cccc(NC(=O)c3ccc(F)cc3)c2)C(C(=O)O)C1. The molecule has 0 spiro atoms. The number of aliphatic carboxylic acids is 1. The number of hydrogen-bond acceptors (Lipinski definition) is 3. The van der Waals surface area contributed by atoms with Crippen LogP contribution in [0.4, 0.5) is 10.1 Å². The van der Waals surface area contributed by atoms with Gasteiger partial charge in [0.25, 0.3) is 11.8 Å². The van der Waals surface area contributed by atoms with Gasteiger partial charge in [-0.15, -0.1) is 0 Å². The smallest absolute Gasteiger partial charge is 0.326 e. The lowest BCUT2D eigenvalue weighted by Gasteiger charge is -2.36. The highest BCUT2D eigenvalue weighted by Gasteiger charge is 2.35. The van der Waals surface area contributed by atoms with Crippen molar-refractivity contribution in [3.63, 3.8) is 0 Å². The van der Waals surface area contributed by atoms with E-state index < -0.39 is 23.7 Å². The first kappa shape index (κ1) is 19.5. The van der Waals surface area contributed by atoms with Gasteiger partial charge >= 0.3 is 5.97 Å². The highest BCUT2D eigenvalue weighted by molar-refractivity contribution is 6.05. The number of nitrogens with zero attached hydrogens (tertiary/aromatic N) is 1. The van der Waals surface area contributed by atoms with Crippen molar-refractivity contribution in [2.24, 2.45) is 5.92 Å². The summed E-state index contributed by atoms with van der Waals surface area (Å²) in [4.78, 5) is 38.1. The summed E-state index contributed by atoms with van der Waals surface area (Å²) < 4.78 is 13.0. The van der Waals surface area contributed by atoms with Crippen LogP contribution >= 0.6 is 0 Å². The van der Waals surface area contributed by atoms with E-state index in [-0.39, 0.29) is 17.4 Å². The fourth-order valence-corrected chi connectivity index (χ4v) is 3.32. The summed E-state index contributed by atoms with van der Waals surface area (Å²) in [7, 11) is 0. The first-order chi connectivity index (χ1) is 13.3. The molecule has 2 atom stereocenters. The minimum Gasteiger partial charge on any atom is -0.480 e. The lowest BCUT2D eigenvalue weighted by Crippen LogP contribution is -2.49. The van der Waals surface area contributed by atoms with E-state index in [0.717, 1.165) is 6.42 Å². The van der Waals surface area contributed by atoms with E-state index in [1.165, 1.54) is 35.2 Å². The maximum atomic E-state index is 13.0. The molecule has 2 aromatic rings. The topological polar surface area (TPSA) is 86.7 Å². The molecule has 2 amide bonds. The number of piperidine rings is 1. The lowest BCUT2D eigenvalue weighted by atomic mass is 9.92. The third-order valence-electron chi connectivity index (χ3n) is 4.88. The number of halogens is 1. The number of amides is 2. The number of carboxylic acid groups (broad SMARTS) is 1. The van der Waals surface area contributed by atoms with E-state index in [1.54, 1.807) is 18.2 Å². The Morgan fingerprint density at radius 3 is 2.50 bits per heavy atom. The van der Waals surface area contributed by atoms with Gasteiger partial charge in [0.1, 0.15) is 11.9 Å². The van der Waals surface area contributed by atoms with E-state index in [1.807, 2.05) is 6.92 Å². The molecule has 0 aliphatic carbocycles. The predicted molar refractivity (Wildman–Crippen MR) is 102 cm³/mol. The standard InChI is InChI=1S/C21H21FN2O4/c1-13-9-10-24(18(11-13)21(27)28)20(26)15-3-2-4-17(12-15)23-19(25)14-5-7-16(22)8-6-14/h2-8,12-13,18H,9-11H2,1H3,(H,23,25)(H,27,28). The fraction of sp³-hybridized carbons (Fsp3) is 0.286. The Labute approximate surface area is 162 Å². The van der Waals surface area contributed by atoms with Gasteiger partial charge in [0.2, 0.25) is 0 Å². The van der Waals surface area contributed by atoms with Crippen molar-refractivity contribution in [3.05, 3.63) is 65.5 Å². The van der Waals surface area contributed by atoms with Crippen molar-refractivity contribution in [3.8, 4) is 0 Å². The Bertz CT molecular complexity index is 898. The van der Waals surface area contributed by atoms with E-state index in [4.69, 9.17) is 0 Å². The first-order valence-corrected chi connectivity index (χ1v) is 9.06. The second-order valence-electron chi connectivity index (χ2n) is 7.02. The quantitative estimate of drug-likeness (QED) is 0.846. The van der Waals surface area contributed by atoms with Crippen molar-refractivity contribution < 1.29 is 23.9 Å². The second-order valence-corrected chi connectivity index (χ2v) is 7.02. The molecule has 0 saturated carbocycles. The monoisotopic (exact) mass is 384 g/mol. The maximum Gasteiger partial charge on any atom is 0.326 e. The lowest BCUT2D eigenvalue weighted by molar-refractivity contribution is -0.144. The van der Waals surface area contributed by atoms with Crippen molar-refractivity contribution >= 4 is 23.5 Å². The van der Waals surface area contributed by atoms with Crippen molar-refractivity contribution in [1.29, 1.82) is 0 Å². The molecule has 1 aliphatic heterocycles. The zero-order valence-electron chi connectivity index (χ0n) is 15.4. The Morgan fingerprint density at radius 2 is 1.82 bits per heavy atom. The second kappa shape index (κ2) is 8.21. The van der Waals surface area contributed by atoms with Gasteiger partial charge in [0.15, 0.2) is 0 Å². The first-order valence-electron chi connectivity index (χ1n) is 9.06. The number of carbonyl (C=O) groups is 3. The number of nitrogens with one attached hydrogen (secondary N) is 1. The van der Waals surface area contributed by atoms with Gasteiger partial charge in [-0.3, -0.25) is 9.59 Å². The summed E-state index contributed by atoms with van der Waals surface area (Å²) in [5.41, 5.74) is 0.990. The van der Waals surface area contributed by atoms with Crippen LogP contribution in [0.2, 0.25) is 0 Å². The number of carboxylic acids is 1. The molecule has 0 aromatic heterocycles. The molecule has 1 heterocycles. The van der Waals surface area contributed by atoms with Gasteiger partial charge in [0, 0.05) is 23.4 Å². The number of benzene rings is 2. The number of rotatable bonds is 4. The van der Waals surface area contributed by atoms with Crippen LogP contribution < -0.4 is 5.32 Å². The van der Waals surface area contributed by atoms with Crippen molar-refractivity contribution in [1.82, 2.24) is 4.90 Å². The number of anilines is 1. The Kier molecular flexibility index (Phi) is 5.73. The molecule has 0 bridgehead atoms. The van der Waals surface area contributed by atoms with Crippen LogP contribution in [0.15, 0.2) is 48.5 Å². The summed E-state index contributed by atoms with van der Waals surface area (Å²) >= 11 is 0. The van der Waals surface area contributed by atoms with Crippen LogP contribution in [-0.2, 0) is 4.79 Å². The van der Waals surface area contributed by atoms with E-state index in [9.17, 15) is 23.9 Å². The van der Waals surface area contributed by atoms with Crippen LogP contribution in [0.5, 0.6) is 0 Å². The third-order valence-corrected chi connectivity index (χ3v) is 4.88. The van der Waals surface area contributed by atoms with Crippen LogP contribution in [-0.4, -0.2) is 40.4 Å². The van der Waals surface area contributed by atoms with Crippen molar-refractivity contribution in [2.45, 2.75) is 25.8 Å². The van der Waals surface area contributed by atoms with Crippen LogP contribution in [0, 0.1) is 11.7 Å². The van der Waals surface area contributed by atoms with E-state index in [0.29, 0.717) is 24.2 Å². The highest BCUT2D eigenvalue weighted by atomic mass is 19.1. The van der Waals surface area contributed by atoms with Crippen LogP contribution in [0.3, 0.4) is 0 Å². The fourth-order valence-electron chi connectivity index (χ4n) is 3.32. The van der Waals surface area contributed by atoms with Gasteiger partial charge in [-0.2, -0.15) is 0 Å². The maximum absolute atomic E-state index is 13.0. The minimum absolute atomic E-state index is 0.242. The summed E-state index contributed by atoms with van der Waals surface area (Å²) in [6.07, 6.45) is 1.17. The predicted octanol–water partition coefficient (Wildman–Crippen LogP) is 3.40. The molecule has 7 heteroatoms. The molecule has 2 unspecified atom stereocenters. The van der Waals surface area contributed by atoms with E-state index >= 15 is 0 Å². The normalized spacial score (nSPS) is 19.1. The Hall–Kier alpha value is -3.22. The molecule has 3 rings (SSSR count). The van der Waals surface area contributed by atoms with E-state index in [2.05, 4.69) is 5.32 Å². The third kappa shape index (κ3) is 4.36. The molecular formula is C21H21FN2O4. The molecule has 0 radical (unpaired) electrons. The van der Waals surface area contributed by atoms with Crippen molar-refractivity contribution in [2.75, 3.05) is 11.9 Å². The molecule has 1 fully saturated rings. The number of carbonyl (C=O) groups excluding carboxylic acids is 2. The van der Waals surface area contributed by atoms with Gasteiger partial charge in [0.05, 0.1) is 0 Å². The molecule has 2 N–H and O–H groups in total. The number of likely N-dealkylation sites (tertiary alicyclic amines) is 1. The van der Waals surface area contributed by atoms with Gasteiger partial charge in [-0.1, -0.05) is 13.0 Å². The summed E-state index contributed by atoms with van der Waals surface area (Å²) in [5.74, 6) is -2.02. The zero-order chi connectivity index (χ0) is 20.3. The van der Waals surface area contributed by atoms with Gasteiger partial charge in [-0.05, 0) is 61.2 Å². The number of hydrogen-bond donors (Lipinski definition) is 2. The minimum atomic E-state index is -1.01. The molecule has 28 heavy (non-hydrogen) atoms. The average Bonchev–Trinajstić information content (AvgIpc) is 2.68. The Balaban J connectivity index is 1.76. The highest BCUT2D eigenvalue weighted by Crippen LogP contribution is 2.25. The summed E-state index contributed by atoms with van der Waals surface area (Å²) in [6.45, 7) is 2.35. The molecule has 1 saturated heterocycles. The largest absolute Gasteiger partial charge is 0.480 e. The molecular weight excluding hydrogens is 363 g/mol. The van der Waals surface area contributed by atoms with Crippen LogP contribution in [0.1, 0.15) is 40.5 Å². The average molecular weight is 384 g/mol. The van der Waals surface area contributed by atoms with Gasteiger partial charge in [-0.25, -0.2) is 9.18 Å². The molecule has 2 aromatic carbocycles. The van der Waals surface area contributed by atoms with Gasteiger partial charge < -0.3 is 15.3 Å². The summed E-state index contributed by atoms with van der Waals surface area (Å²) in [6, 6.07) is 10.6. The molecule has 1 aliphatic rings. The Morgan fingerprint density at radius 1 is 1.11 bits per heavy atom. The zero-order valence-corrected chi connectivity index (χ0v) is 15.4. The van der Waals surface area contributed by atoms with Crippen LogP contribution in [0.25, 0.3) is 0 Å². The summed E-state index contributed by atoms with van der Waals surface area (Å²) in [5, 5.41) is 12.1. The molecule has 146 valence electrons.